The Kier molecular flexibility index (Phi) is 11.6. The molecular formula is C4H10O4S2. The van der Waals surface area contributed by atoms with Gasteiger partial charge in [-0.3, -0.25) is 0 Å². The summed E-state index contributed by atoms with van der Waals surface area (Å²) in [7, 11) is 0. The maximum absolute atomic E-state index is 8.17. The normalized spacial score (nSPS) is 8.50. The fourth-order valence-corrected chi connectivity index (χ4v) is 0.0577. The lowest BCUT2D eigenvalue weighted by atomic mass is 10.4. The quantitative estimate of drug-likeness (QED) is 0.285. The third-order valence-electron chi connectivity index (χ3n) is 0.421. The summed E-state index contributed by atoms with van der Waals surface area (Å²) in [6, 6.07) is 0. The molecule has 4 N–H and O–H groups in total. The molecule has 62 valence electrons. The first kappa shape index (κ1) is 12.8. The summed E-state index contributed by atoms with van der Waals surface area (Å²) in [5.74, 6) is 0. The molecule has 0 heterocycles. The standard InChI is InChI=1S/C3H8O3.CH2OS2/c4-1-3(6)2-5;2-1(3)4/h3-6H,1-2H2;(H2,2,3,4). The molecule has 4 nitrogen and oxygen atoms in total. The van der Waals surface area contributed by atoms with Gasteiger partial charge in [-0.2, -0.15) is 0 Å². The van der Waals surface area contributed by atoms with Crippen LogP contribution >= 0.6 is 24.8 Å². The highest BCUT2D eigenvalue weighted by atomic mass is 32.1. The number of aliphatic hydroxyl groups is 4. The third kappa shape index (κ3) is 24.3. The van der Waals surface area contributed by atoms with Gasteiger partial charge in [0.25, 0.3) is 0 Å². The van der Waals surface area contributed by atoms with E-state index in [2.05, 4.69) is 24.8 Å². The van der Waals surface area contributed by atoms with Gasteiger partial charge in [-0.05, 0) is 12.2 Å². The maximum atomic E-state index is 8.17. The minimum Gasteiger partial charge on any atom is -0.494 e. The van der Waals surface area contributed by atoms with Crippen LogP contribution in [0.1, 0.15) is 0 Å². The molecule has 10 heavy (non-hydrogen) atoms. The van der Waals surface area contributed by atoms with Crippen LogP contribution in [0.25, 0.3) is 0 Å². The SMILES string of the molecule is OC(=S)S.OCC(O)CO. The summed E-state index contributed by atoms with van der Waals surface area (Å²) >= 11 is 7.21. The molecule has 0 aromatic heterocycles. The van der Waals surface area contributed by atoms with E-state index in [1.165, 1.54) is 0 Å². The molecule has 0 aromatic carbocycles. The van der Waals surface area contributed by atoms with E-state index in [-0.39, 0.29) is 17.6 Å². The van der Waals surface area contributed by atoms with Crippen LogP contribution < -0.4 is 0 Å². The lowest BCUT2D eigenvalue weighted by Crippen LogP contribution is -2.15. The zero-order valence-electron chi connectivity index (χ0n) is 5.14. The van der Waals surface area contributed by atoms with Gasteiger partial charge >= 0.3 is 0 Å². The van der Waals surface area contributed by atoms with Crippen molar-refractivity contribution in [3.8, 4) is 0 Å². The molecule has 0 aliphatic rings. The van der Waals surface area contributed by atoms with Gasteiger partial charge in [0, 0.05) is 0 Å². The first-order valence-corrected chi connectivity index (χ1v) is 3.21. The van der Waals surface area contributed by atoms with E-state index in [0.717, 1.165) is 0 Å². The smallest absolute Gasteiger partial charge is 0.214 e. The molecule has 0 bridgehead atoms. The van der Waals surface area contributed by atoms with Crippen molar-refractivity contribution in [2.75, 3.05) is 13.2 Å². The third-order valence-corrected chi connectivity index (χ3v) is 0.421. The first-order valence-electron chi connectivity index (χ1n) is 2.36. The molecule has 0 fully saturated rings. The molecule has 0 atom stereocenters. The van der Waals surface area contributed by atoms with Gasteiger partial charge in [0.05, 0.1) is 13.2 Å². The summed E-state index contributed by atoms with van der Waals surface area (Å²) in [6.45, 7) is -0.729. The largest absolute Gasteiger partial charge is 0.494 e. The molecule has 0 rings (SSSR count). The van der Waals surface area contributed by atoms with Gasteiger partial charge in [0.1, 0.15) is 6.10 Å². The fraction of sp³-hybridized carbons (Fsp3) is 0.750. The second-order valence-electron chi connectivity index (χ2n) is 1.30. The summed E-state index contributed by atoms with van der Waals surface area (Å²) in [4.78, 5) is 0. The van der Waals surface area contributed by atoms with E-state index in [4.69, 9.17) is 20.4 Å². The predicted octanol–water partition coefficient (Wildman–Crippen LogP) is -0.909. The molecule has 0 aliphatic carbocycles. The van der Waals surface area contributed by atoms with Crippen LogP contribution in [0.4, 0.5) is 0 Å². The highest BCUT2D eigenvalue weighted by molar-refractivity contribution is 8.10. The summed E-state index contributed by atoms with van der Waals surface area (Å²) in [5.41, 5.74) is 0. The van der Waals surface area contributed by atoms with Gasteiger partial charge in [-0.25, -0.2) is 0 Å². The minimum atomic E-state index is -0.954. The lowest BCUT2D eigenvalue weighted by Gasteiger charge is -1.96. The number of hydrogen-bond acceptors (Lipinski definition) is 4. The van der Waals surface area contributed by atoms with Gasteiger partial charge < -0.3 is 20.4 Å². The van der Waals surface area contributed by atoms with Crippen LogP contribution in [0.5, 0.6) is 0 Å². The van der Waals surface area contributed by atoms with Crippen molar-refractivity contribution in [3.63, 3.8) is 0 Å². The molecule has 0 aromatic rings. The Labute approximate surface area is 69.5 Å². The Morgan fingerprint density at radius 2 is 1.60 bits per heavy atom. The van der Waals surface area contributed by atoms with Crippen LogP contribution in [0.15, 0.2) is 0 Å². The summed E-state index contributed by atoms with van der Waals surface area (Å²) < 4.78 is -0.306. The van der Waals surface area contributed by atoms with Crippen molar-refractivity contribution in [1.82, 2.24) is 0 Å². The van der Waals surface area contributed by atoms with E-state index < -0.39 is 6.10 Å². The Bertz CT molecular complexity index is 79.3. The van der Waals surface area contributed by atoms with E-state index in [0.29, 0.717) is 0 Å². The fourth-order valence-electron chi connectivity index (χ4n) is 0.0577. The van der Waals surface area contributed by atoms with Crippen LogP contribution in [0, 0.1) is 0 Å². The number of thiol groups is 1. The Hall–Kier alpha value is 0.120. The molecule has 0 aliphatic heterocycles. The van der Waals surface area contributed by atoms with Crippen LogP contribution in [-0.2, 0) is 0 Å². The lowest BCUT2D eigenvalue weighted by molar-refractivity contribution is 0.0450. The van der Waals surface area contributed by atoms with Crippen LogP contribution in [-0.4, -0.2) is 44.1 Å². The number of hydrogen-bond donors (Lipinski definition) is 5. The first-order chi connectivity index (χ1) is 4.54. The second-order valence-corrected chi connectivity index (χ2v) is 2.41. The topological polar surface area (TPSA) is 80.9 Å². The van der Waals surface area contributed by atoms with Gasteiger partial charge in [0.2, 0.25) is 4.38 Å². The van der Waals surface area contributed by atoms with Crippen molar-refractivity contribution in [2.45, 2.75) is 6.10 Å². The highest BCUT2D eigenvalue weighted by Gasteiger charge is 1.93. The maximum Gasteiger partial charge on any atom is 0.214 e. The Morgan fingerprint density at radius 3 is 1.60 bits per heavy atom. The number of thiocarbonyl (C=S) groups is 1. The highest BCUT2D eigenvalue weighted by Crippen LogP contribution is 1.71. The van der Waals surface area contributed by atoms with Crippen molar-refractivity contribution in [3.05, 3.63) is 0 Å². The summed E-state index contributed by atoms with van der Waals surface area (Å²) in [5, 5.41) is 31.7. The number of rotatable bonds is 2. The Balaban J connectivity index is 0. The van der Waals surface area contributed by atoms with E-state index in [1.54, 1.807) is 0 Å². The average molecular weight is 186 g/mol. The van der Waals surface area contributed by atoms with Crippen LogP contribution in [0.3, 0.4) is 0 Å². The summed E-state index contributed by atoms with van der Waals surface area (Å²) in [6.07, 6.45) is -0.954. The molecule has 0 spiro atoms. The van der Waals surface area contributed by atoms with Crippen molar-refractivity contribution < 1.29 is 20.4 Å². The van der Waals surface area contributed by atoms with Gasteiger partial charge in [-0.15, -0.1) is 0 Å². The molecule has 0 radical (unpaired) electrons. The molecule has 0 unspecified atom stereocenters. The van der Waals surface area contributed by atoms with Crippen LogP contribution in [0.2, 0.25) is 0 Å². The zero-order valence-corrected chi connectivity index (χ0v) is 6.85. The monoisotopic (exact) mass is 186 g/mol. The predicted molar refractivity (Wildman–Crippen MR) is 44.4 cm³/mol. The van der Waals surface area contributed by atoms with E-state index >= 15 is 0 Å². The minimum absolute atomic E-state index is 0.306. The van der Waals surface area contributed by atoms with Crippen molar-refractivity contribution in [1.29, 1.82) is 0 Å². The Morgan fingerprint density at radius 1 is 1.40 bits per heavy atom. The van der Waals surface area contributed by atoms with Crippen molar-refractivity contribution in [2.24, 2.45) is 0 Å². The molecule has 0 saturated heterocycles. The molecule has 0 saturated carbocycles. The molecule has 6 heteroatoms. The number of aliphatic hydroxyl groups excluding tert-OH is 4. The molecular weight excluding hydrogens is 176 g/mol. The molecule has 0 amide bonds. The van der Waals surface area contributed by atoms with Gasteiger partial charge in [-0.1, -0.05) is 12.6 Å². The van der Waals surface area contributed by atoms with Gasteiger partial charge in [0.15, 0.2) is 0 Å². The van der Waals surface area contributed by atoms with Crippen molar-refractivity contribution >= 4 is 29.2 Å². The second kappa shape index (κ2) is 9.12. The van der Waals surface area contributed by atoms with E-state index in [1.807, 2.05) is 0 Å². The van der Waals surface area contributed by atoms with E-state index in [9.17, 15) is 0 Å². The average Bonchev–Trinajstić information content (AvgIpc) is 1.85. The zero-order chi connectivity index (χ0) is 8.57.